The third-order valence-electron chi connectivity index (χ3n) is 2.44. The summed E-state index contributed by atoms with van der Waals surface area (Å²) in [6.45, 7) is 0. The van der Waals surface area contributed by atoms with E-state index < -0.39 is 9.84 Å². The number of allylic oxidation sites excluding steroid dienone is 4. The third-order valence-corrected chi connectivity index (χ3v) is 4.29. The van der Waals surface area contributed by atoms with Gasteiger partial charge in [0.1, 0.15) is 0 Å². The van der Waals surface area contributed by atoms with Crippen LogP contribution in [-0.4, -0.2) is 18.9 Å². The van der Waals surface area contributed by atoms with Crippen molar-refractivity contribution in [2.75, 3.05) is 0 Å². The molecule has 1 aliphatic rings. The van der Waals surface area contributed by atoms with E-state index in [1.165, 1.54) is 18.2 Å². The van der Waals surface area contributed by atoms with E-state index >= 15 is 0 Å². The number of hydrogen-bond acceptors (Lipinski definition) is 2. The second-order valence-electron chi connectivity index (χ2n) is 3.53. The summed E-state index contributed by atoms with van der Waals surface area (Å²) in [5, 5.41) is 0. The average Bonchev–Trinajstić information content (AvgIpc) is 2.39. The highest BCUT2D eigenvalue weighted by atomic mass is 32.2. The van der Waals surface area contributed by atoms with E-state index in [0.29, 0.717) is 6.42 Å². The van der Waals surface area contributed by atoms with Crippen LogP contribution in [0.4, 0.5) is 0 Å². The fourth-order valence-electron chi connectivity index (χ4n) is 1.59. The Labute approximate surface area is 99.4 Å². The predicted octanol–water partition coefficient (Wildman–Crippen LogP) is 1.97. The molecule has 2 rings (SSSR count). The van der Waals surface area contributed by atoms with Gasteiger partial charge in [0, 0.05) is 0 Å². The summed E-state index contributed by atoms with van der Waals surface area (Å²) in [6, 6.07) is 8.09. The molecular formula is C12H10N2O2S. The molecule has 86 valence electrons. The molecular weight excluding hydrogens is 236 g/mol. The van der Waals surface area contributed by atoms with Gasteiger partial charge in [-0.1, -0.05) is 30.4 Å². The van der Waals surface area contributed by atoms with Crippen molar-refractivity contribution in [3.8, 4) is 0 Å². The maximum Gasteiger partial charge on any atom is 0.314 e. The molecule has 1 aromatic carbocycles. The van der Waals surface area contributed by atoms with Gasteiger partial charge in [0.25, 0.3) is 0 Å². The molecule has 0 heterocycles. The Morgan fingerprint density at radius 2 is 1.88 bits per heavy atom. The number of rotatable bonds is 2. The first kappa shape index (κ1) is 11.5. The molecule has 0 N–H and O–H groups in total. The molecule has 0 radical (unpaired) electrons. The van der Waals surface area contributed by atoms with E-state index in [4.69, 9.17) is 5.53 Å². The van der Waals surface area contributed by atoms with Gasteiger partial charge < -0.3 is 5.53 Å². The highest BCUT2D eigenvalue weighted by molar-refractivity contribution is 7.96. The maximum atomic E-state index is 12.3. The van der Waals surface area contributed by atoms with Crippen LogP contribution in [0, 0.1) is 0 Å². The maximum absolute atomic E-state index is 12.3. The van der Waals surface area contributed by atoms with Crippen molar-refractivity contribution >= 4 is 15.5 Å². The third kappa shape index (κ3) is 2.11. The monoisotopic (exact) mass is 246 g/mol. The predicted molar refractivity (Wildman–Crippen MR) is 64.1 cm³/mol. The van der Waals surface area contributed by atoms with Gasteiger partial charge >= 0.3 is 5.71 Å². The van der Waals surface area contributed by atoms with Crippen LogP contribution >= 0.6 is 0 Å². The zero-order valence-corrected chi connectivity index (χ0v) is 9.76. The SMILES string of the molecule is [N-]=[N+]=C1CC=CC=C1S(=O)(=O)c1ccccc1. The second-order valence-corrected chi connectivity index (χ2v) is 5.44. The van der Waals surface area contributed by atoms with Crippen molar-refractivity contribution in [3.05, 3.63) is 59.0 Å². The van der Waals surface area contributed by atoms with Crippen molar-refractivity contribution in [1.29, 1.82) is 0 Å². The van der Waals surface area contributed by atoms with Crippen LogP contribution in [0.1, 0.15) is 6.42 Å². The summed E-state index contributed by atoms with van der Waals surface area (Å²) in [7, 11) is -3.60. The van der Waals surface area contributed by atoms with E-state index in [1.54, 1.807) is 30.4 Å². The Morgan fingerprint density at radius 1 is 1.18 bits per heavy atom. The van der Waals surface area contributed by atoms with E-state index in [9.17, 15) is 8.42 Å². The molecule has 1 aliphatic carbocycles. The van der Waals surface area contributed by atoms with Crippen LogP contribution in [0.3, 0.4) is 0 Å². The largest absolute Gasteiger partial charge is 0.361 e. The Balaban J connectivity index is 2.58. The van der Waals surface area contributed by atoms with Crippen LogP contribution in [0.2, 0.25) is 0 Å². The minimum absolute atomic E-state index is 0.0497. The number of hydrogen-bond donors (Lipinski definition) is 0. The quantitative estimate of drug-likeness (QED) is 0.591. The lowest BCUT2D eigenvalue weighted by atomic mass is 10.1. The Hall–Kier alpha value is -1.97. The molecule has 0 atom stereocenters. The van der Waals surface area contributed by atoms with Crippen LogP contribution < -0.4 is 0 Å². The van der Waals surface area contributed by atoms with Gasteiger partial charge in [0.05, 0.1) is 11.3 Å². The summed E-state index contributed by atoms with van der Waals surface area (Å²) in [4.78, 5) is 3.29. The van der Waals surface area contributed by atoms with Crippen LogP contribution in [-0.2, 0) is 9.84 Å². The first-order chi connectivity index (χ1) is 8.16. The molecule has 1 aromatic rings. The molecule has 5 heteroatoms. The highest BCUT2D eigenvalue weighted by Gasteiger charge is 2.30. The van der Waals surface area contributed by atoms with Gasteiger partial charge in [-0.25, -0.2) is 8.42 Å². The number of sulfone groups is 1. The second kappa shape index (κ2) is 4.49. The Bertz CT molecular complexity index is 636. The van der Waals surface area contributed by atoms with Crippen LogP contribution in [0.5, 0.6) is 0 Å². The van der Waals surface area contributed by atoms with Crippen molar-refractivity contribution in [2.24, 2.45) is 0 Å². The summed E-state index contributed by atoms with van der Waals surface area (Å²) in [5.74, 6) is 0. The van der Waals surface area contributed by atoms with Crippen molar-refractivity contribution < 1.29 is 13.2 Å². The first-order valence-corrected chi connectivity index (χ1v) is 6.53. The topological polar surface area (TPSA) is 70.5 Å². The fourth-order valence-corrected chi connectivity index (χ4v) is 3.05. The Morgan fingerprint density at radius 3 is 2.53 bits per heavy atom. The molecule has 0 saturated carbocycles. The summed E-state index contributed by atoms with van der Waals surface area (Å²) >= 11 is 0. The molecule has 0 aromatic heterocycles. The van der Waals surface area contributed by atoms with Gasteiger partial charge in [-0.15, -0.1) is 0 Å². The molecule has 17 heavy (non-hydrogen) atoms. The lowest BCUT2D eigenvalue weighted by Crippen LogP contribution is -2.16. The van der Waals surface area contributed by atoms with E-state index in [1.807, 2.05) is 0 Å². The molecule has 4 nitrogen and oxygen atoms in total. The van der Waals surface area contributed by atoms with E-state index in [0.717, 1.165) is 0 Å². The van der Waals surface area contributed by atoms with E-state index in [2.05, 4.69) is 4.79 Å². The van der Waals surface area contributed by atoms with Crippen molar-refractivity contribution in [1.82, 2.24) is 0 Å². The first-order valence-electron chi connectivity index (χ1n) is 5.04. The highest BCUT2D eigenvalue weighted by Crippen LogP contribution is 2.22. The summed E-state index contributed by atoms with van der Waals surface area (Å²) in [5.41, 5.74) is 8.98. The molecule has 0 unspecified atom stereocenters. The Kier molecular flexibility index (Phi) is 3.04. The summed E-state index contributed by atoms with van der Waals surface area (Å²) < 4.78 is 24.5. The van der Waals surface area contributed by atoms with Gasteiger partial charge in [0.2, 0.25) is 9.84 Å². The van der Waals surface area contributed by atoms with Gasteiger partial charge in [-0.05, 0) is 18.2 Å². The molecule has 0 aliphatic heterocycles. The summed E-state index contributed by atoms with van der Waals surface area (Å²) in [6.07, 6.45) is 5.14. The molecule has 0 bridgehead atoms. The number of nitrogens with zero attached hydrogens (tertiary/aromatic N) is 2. The molecule has 0 saturated heterocycles. The van der Waals surface area contributed by atoms with Crippen LogP contribution in [0.25, 0.3) is 5.53 Å². The zero-order valence-electron chi connectivity index (χ0n) is 8.95. The average molecular weight is 246 g/mol. The molecule has 0 fully saturated rings. The van der Waals surface area contributed by atoms with Crippen LogP contribution in [0.15, 0.2) is 58.4 Å². The molecule has 0 amide bonds. The van der Waals surface area contributed by atoms with Crippen molar-refractivity contribution in [2.45, 2.75) is 11.3 Å². The fraction of sp³-hybridized carbons (Fsp3) is 0.0833. The minimum atomic E-state index is -3.60. The van der Waals surface area contributed by atoms with Gasteiger partial charge in [-0.3, -0.25) is 0 Å². The van der Waals surface area contributed by atoms with Crippen molar-refractivity contribution in [3.63, 3.8) is 0 Å². The standard InChI is InChI=1S/C12H10N2O2S/c13-14-11-8-4-5-9-12(11)17(15,16)10-6-2-1-3-7-10/h1-7,9H,8H2. The number of benzene rings is 1. The normalized spacial score (nSPS) is 15.3. The lowest BCUT2D eigenvalue weighted by molar-refractivity contribution is -0.00578. The zero-order chi connectivity index (χ0) is 12.3. The molecule has 0 spiro atoms. The minimum Gasteiger partial charge on any atom is -0.361 e. The van der Waals surface area contributed by atoms with E-state index in [-0.39, 0.29) is 15.5 Å². The lowest BCUT2D eigenvalue weighted by Gasteiger charge is -2.06. The van der Waals surface area contributed by atoms with Gasteiger partial charge in [0.15, 0.2) is 4.91 Å². The van der Waals surface area contributed by atoms with Gasteiger partial charge in [-0.2, -0.15) is 4.79 Å². The smallest absolute Gasteiger partial charge is 0.314 e.